The lowest BCUT2D eigenvalue weighted by Crippen LogP contribution is -2.57. The van der Waals surface area contributed by atoms with E-state index in [4.69, 9.17) is 31.0 Å². The zero-order valence-corrected chi connectivity index (χ0v) is 25.0. The number of hydrogen-bond donors (Lipinski definition) is 0. The summed E-state index contributed by atoms with van der Waals surface area (Å²) in [5, 5.41) is 0.696. The van der Waals surface area contributed by atoms with E-state index in [1.165, 1.54) is 12.0 Å². The van der Waals surface area contributed by atoms with Gasteiger partial charge in [0.1, 0.15) is 22.7 Å². The Morgan fingerprint density at radius 3 is 2.51 bits per heavy atom. The van der Waals surface area contributed by atoms with Crippen LogP contribution in [0.4, 0.5) is 15.0 Å². The minimum Gasteiger partial charge on any atom is -0.467 e. The Labute approximate surface area is 239 Å². The van der Waals surface area contributed by atoms with Crippen molar-refractivity contribution in [3.05, 3.63) is 27.7 Å². The quantitative estimate of drug-likeness (QED) is 0.307. The van der Waals surface area contributed by atoms with Gasteiger partial charge in [0.15, 0.2) is 11.6 Å². The highest BCUT2D eigenvalue weighted by atomic mass is 79.9. The third kappa shape index (κ3) is 4.91. The molecule has 2 aliphatic heterocycles. The van der Waals surface area contributed by atoms with Crippen molar-refractivity contribution in [2.75, 3.05) is 45.7 Å². The fraction of sp³-hybridized carbons (Fsp3) is 0.538. The van der Waals surface area contributed by atoms with Gasteiger partial charge in [-0.3, -0.25) is 4.90 Å². The van der Waals surface area contributed by atoms with E-state index in [0.29, 0.717) is 28.3 Å². The molecule has 5 rings (SSSR count). The Hall–Kier alpha value is -2.70. The molecule has 3 aromatic rings. The number of nitrogens with zero attached hydrogens (tertiary/aromatic N) is 6. The second-order valence-electron chi connectivity index (χ2n) is 11.3. The maximum Gasteiger partial charge on any atom is 0.411 e. The van der Waals surface area contributed by atoms with E-state index < -0.39 is 29.5 Å². The van der Waals surface area contributed by atoms with Gasteiger partial charge in [-0.1, -0.05) is 11.6 Å². The maximum atomic E-state index is 15.5. The number of carbonyl (C=O) groups is 2. The van der Waals surface area contributed by atoms with Crippen LogP contribution in [-0.4, -0.2) is 94.9 Å². The summed E-state index contributed by atoms with van der Waals surface area (Å²) >= 11 is 9.63. The number of imidazole rings is 1. The van der Waals surface area contributed by atoms with Crippen LogP contribution >= 0.6 is 27.5 Å². The SMILES string of the molecule is COC(=O)[C@H]1C[C@@H](n2cnc3c(N4CC(N(C)C)C4)nc4c(F)c(Br)c(Cl)cc4c32)CN1C(=O)OC(C)(C)C. The lowest BCUT2D eigenvalue weighted by Gasteiger charge is -2.43. The predicted octanol–water partition coefficient (Wildman–Crippen LogP) is 4.61. The predicted molar refractivity (Wildman–Crippen MR) is 150 cm³/mol. The van der Waals surface area contributed by atoms with Gasteiger partial charge in [-0.15, -0.1) is 0 Å². The van der Waals surface area contributed by atoms with Crippen LogP contribution in [0.3, 0.4) is 0 Å². The van der Waals surface area contributed by atoms with Crippen molar-refractivity contribution in [2.24, 2.45) is 0 Å². The highest BCUT2D eigenvalue weighted by molar-refractivity contribution is 9.10. The van der Waals surface area contributed by atoms with E-state index in [1.54, 1.807) is 33.2 Å². The first-order chi connectivity index (χ1) is 18.3. The fourth-order valence-corrected chi connectivity index (χ4v) is 5.67. The molecule has 2 aliphatic rings. The molecule has 0 unspecified atom stereocenters. The van der Waals surface area contributed by atoms with Gasteiger partial charge in [0.05, 0.1) is 34.5 Å². The Morgan fingerprint density at radius 1 is 1.21 bits per heavy atom. The number of esters is 1. The highest BCUT2D eigenvalue weighted by Crippen LogP contribution is 2.41. The normalized spacial score (nSPS) is 20.3. The minimum absolute atomic E-state index is 0.137. The number of halogens is 3. The molecule has 0 saturated carbocycles. The smallest absolute Gasteiger partial charge is 0.411 e. The average molecular weight is 626 g/mol. The summed E-state index contributed by atoms with van der Waals surface area (Å²) in [4.78, 5) is 40.8. The number of likely N-dealkylation sites (N-methyl/N-ethyl adjacent to an activating group) is 1. The molecule has 1 amide bonds. The molecule has 0 bridgehead atoms. The van der Waals surface area contributed by atoms with Gasteiger partial charge in [-0.2, -0.15) is 0 Å². The van der Waals surface area contributed by atoms with Gasteiger partial charge in [-0.25, -0.2) is 23.9 Å². The minimum atomic E-state index is -0.842. The summed E-state index contributed by atoms with van der Waals surface area (Å²) in [6, 6.07) is 0.810. The number of carbonyl (C=O) groups excluding carboxylic acids is 2. The van der Waals surface area contributed by atoms with Crippen molar-refractivity contribution in [1.82, 2.24) is 24.3 Å². The lowest BCUT2D eigenvalue weighted by molar-refractivity contribution is -0.145. The van der Waals surface area contributed by atoms with E-state index in [1.807, 2.05) is 18.7 Å². The van der Waals surface area contributed by atoms with E-state index in [-0.39, 0.29) is 34.0 Å². The van der Waals surface area contributed by atoms with Gasteiger partial charge in [0, 0.05) is 37.5 Å². The first-order valence-electron chi connectivity index (χ1n) is 12.6. The first kappa shape index (κ1) is 27.9. The van der Waals surface area contributed by atoms with Crippen LogP contribution in [-0.2, 0) is 14.3 Å². The average Bonchev–Trinajstić information content (AvgIpc) is 3.45. The fourth-order valence-electron chi connectivity index (χ4n) is 5.17. The molecule has 0 spiro atoms. The number of hydrogen-bond acceptors (Lipinski definition) is 8. The largest absolute Gasteiger partial charge is 0.467 e. The zero-order chi connectivity index (χ0) is 28.4. The van der Waals surface area contributed by atoms with Crippen LogP contribution in [0.2, 0.25) is 5.02 Å². The molecule has 0 N–H and O–H groups in total. The summed E-state index contributed by atoms with van der Waals surface area (Å²) in [6.45, 7) is 6.93. The molecule has 0 aliphatic carbocycles. The van der Waals surface area contributed by atoms with Gasteiger partial charge in [-0.05, 0) is 56.9 Å². The van der Waals surface area contributed by atoms with Crippen LogP contribution in [0.15, 0.2) is 16.9 Å². The third-order valence-electron chi connectivity index (χ3n) is 7.28. The van der Waals surface area contributed by atoms with Gasteiger partial charge >= 0.3 is 12.1 Å². The number of aromatic nitrogens is 3. The van der Waals surface area contributed by atoms with Crippen molar-refractivity contribution in [3.8, 4) is 0 Å². The lowest BCUT2D eigenvalue weighted by atomic mass is 10.1. The number of rotatable bonds is 4. The molecule has 2 atom stereocenters. The van der Waals surface area contributed by atoms with Gasteiger partial charge in [0.2, 0.25) is 0 Å². The third-order valence-corrected chi connectivity index (χ3v) is 8.58. The Balaban J connectivity index is 1.63. The summed E-state index contributed by atoms with van der Waals surface area (Å²) in [7, 11) is 5.33. The molecular weight excluding hydrogens is 595 g/mol. The number of anilines is 1. The maximum absolute atomic E-state index is 15.5. The van der Waals surface area contributed by atoms with E-state index in [0.717, 1.165) is 13.1 Å². The van der Waals surface area contributed by atoms with E-state index in [9.17, 15) is 9.59 Å². The molecule has 1 aromatic carbocycles. The Morgan fingerprint density at radius 2 is 1.90 bits per heavy atom. The van der Waals surface area contributed by atoms with Crippen LogP contribution in [0.1, 0.15) is 33.2 Å². The van der Waals surface area contributed by atoms with Crippen molar-refractivity contribution >= 4 is 67.3 Å². The van der Waals surface area contributed by atoms with E-state index in [2.05, 4.69) is 25.7 Å². The number of methoxy groups -OCH3 is 1. The van der Waals surface area contributed by atoms with Crippen LogP contribution in [0, 0.1) is 5.82 Å². The topological polar surface area (TPSA) is 93.0 Å². The molecule has 210 valence electrons. The number of benzene rings is 1. The highest BCUT2D eigenvalue weighted by Gasteiger charge is 2.44. The molecular formula is C26H31BrClFN6O4. The molecule has 39 heavy (non-hydrogen) atoms. The van der Waals surface area contributed by atoms with Crippen LogP contribution < -0.4 is 4.90 Å². The Kier molecular flexibility index (Phi) is 7.17. The molecule has 4 heterocycles. The van der Waals surface area contributed by atoms with Gasteiger partial charge in [0.25, 0.3) is 0 Å². The summed E-state index contributed by atoms with van der Waals surface area (Å²) in [6.07, 6.45) is 1.32. The summed E-state index contributed by atoms with van der Waals surface area (Å²) < 4.78 is 28.1. The van der Waals surface area contributed by atoms with E-state index >= 15 is 4.39 Å². The molecule has 2 fully saturated rings. The zero-order valence-electron chi connectivity index (χ0n) is 22.7. The standard InChI is InChI=1S/C26H31BrClFN6O4/c1-26(2,3)39-25(37)34-11-13(7-17(34)24(36)38-6)35-12-30-21-22(35)15-8-16(28)18(27)19(29)20(15)31-23(21)33-9-14(10-33)32(4)5/h8,12-14,17H,7,9-11H2,1-6H3/t13-,17-/m1/s1. The monoisotopic (exact) mass is 624 g/mol. The van der Waals surface area contributed by atoms with Crippen molar-refractivity contribution in [3.63, 3.8) is 0 Å². The number of fused-ring (bicyclic) bond motifs is 3. The van der Waals surface area contributed by atoms with Crippen molar-refractivity contribution in [2.45, 2.75) is 50.9 Å². The Bertz CT molecular complexity index is 1470. The number of amides is 1. The van der Waals surface area contributed by atoms with Crippen LogP contribution in [0.25, 0.3) is 21.9 Å². The van der Waals surface area contributed by atoms with Gasteiger partial charge < -0.3 is 23.8 Å². The first-order valence-corrected chi connectivity index (χ1v) is 13.8. The summed E-state index contributed by atoms with van der Waals surface area (Å²) in [5.74, 6) is -0.519. The molecule has 2 aromatic heterocycles. The van der Waals surface area contributed by atoms with Crippen molar-refractivity contribution in [1.29, 1.82) is 0 Å². The molecule has 13 heteroatoms. The number of likely N-dealkylation sites (tertiary alicyclic amines) is 1. The number of ether oxygens (including phenoxy) is 2. The second-order valence-corrected chi connectivity index (χ2v) is 12.5. The molecule has 0 radical (unpaired) electrons. The second kappa shape index (κ2) is 10.0. The summed E-state index contributed by atoms with van der Waals surface area (Å²) in [5.41, 5.74) is 0.659. The van der Waals surface area contributed by atoms with Crippen molar-refractivity contribution < 1.29 is 23.5 Å². The molecule has 10 nitrogen and oxygen atoms in total. The molecule has 2 saturated heterocycles. The van der Waals surface area contributed by atoms with Crippen LogP contribution in [0.5, 0.6) is 0 Å². The number of pyridine rings is 1.